The van der Waals surface area contributed by atoms with Crippen LogP contribution in [0.15, 0.2) is 41.3 Å². The zero-order valence-corrected chi connectivity index (χ0v) is 15.1. The first-order chi connectivity index (χ1) is 11.4. The predicted molar refractivity (Wildman–Crippen MR) is 93.0 cm³/mol. The normalized spacial score (nSPS) is 11.0. The van der Waals surface area contributed by atoms with Gasteiger partial charge in [-0.3, -0.25) is 4.72 Å². The molecule has 0 atom stereocenters. The average Bonchev–Trinajstić information content (AvgIpc) is 2.56. The predicted octanol–water partition coefficient (Wildman–Crippen LogP) is 3.56. The number of nitrogens with one attached hydrogen (secondary N) is 1. The Hall–Kier alpha value is -2.12. The molecule has 130 valence electrons. The van der Waals surface area contributed by atoms with Crippen LogP contribution in [0.4, 0.5) is 5.69 Å². The largest absolute Gasteiger partial charge is 0.497 e. The van der Waals surface area contributed by atoms with Gasteiger partial charge in [0.15, 0.2) is 0 Å². The summed E-state index contributed by atoms with van der Waals surface area (Å²) < 4.78 is 43.2. The van der Waals surface area contributed by atoms with Crippen LogP contribution in [-0.2, 0) is 10.0 Å². The molecular weight excluding hydrogens is 354 g/mol. The van der Waals surface area contributed by atoms with Gasteiger partial charge in [0.05, 0.1) is 36.4 Å². The number of benzene rings is 2. The van der Waals surface area contributed by atoms with E-state index in [0.717, 1.165) is 0 Å². The molecule has 2 aromatic carbocycles. The van der Waals surface area contributed by atoms with Crippen LogP contribution < -0.4 is 18.9 Å². The Morgan fingerprint density at radius 3 is 2.38 bits per heavy atom. The minimum atomic E-state index is -3.83. The quantitative estimate of drug-likeness (QED) is 0.805. The third-order valence-corrected chi connectivity index (χ3v) is 4.83. The molecule has 1 N–H and O–H groups in total. The minimum absolute atomic E-state index is 0.0221. The Morgan fingerprint density at radius 1 is 1.04 bits per heavy atom. The smallest absolute Gasteiger partial charge is 0.262 e. The maximum Gasteiger partial charge on any atom is 0.262 e. The molecule has 0 aromatic heterocycles. The van der Waals surface area contributed by atoms with Crippen LogP contribution in [0.5, 0.6) is 17.2 Å². The maximum absolute atomic E-state index is 12.5. The highest BCUT2D eigenvalue weighted by Crippen LogP contribution is 2.32. The lowest BCUT2D eigenvalue weighted by atomic mass is 10.3. The van der Waals surface area contributed by atoms with E-state index in [1.54, 1.807) is 18.2 Å². The molecule has 0 amide bonds. The van der Waals surface area contributed by atoms with Crippen molar-refractivity contribution in [3.8, 4) is 17.2 Å². The number of halogens is 1. The molecule has 0 fully saturated rings. The Balaban J connectivity index is 2.33. The van der Waals surface area contributed by atoms with Crippen molar-refractivity contribution >= 4 is 27.3 Å². The summed E-state index contributed by atoms with van der Waals surface area (Å²) in [6.07, 6.45) is 0. The number of sulfonamides is 1. The summed E-state index contributed by atoms with van der Waals surface area (Å²) in [4.78, 5) is 0.0221. The molecular formula is C16H18ClNO5S. The molecule has 0 saturated carbocycles. The molecule has 0 aliphatic carbocycles. The van der Waals surface area contributed by atoms with E-state index >= 15 is 0 Å². The lowest BCUT2D eigenvalue weighted by Crippen LogP contribution is -2.13. The molecule has 0 aliphatic rings. The Bertz CT molecular complexity index is 823. The van der Waals surface area contributed by atoms with E-state index in [9.17, 15) is 8.42 Å². The molecule has 0 saturated heterocycles. The van der Waals surface area contributed by atoms with Gasteiger partial charge >= 0.3 is 0 Å². The van der Waals surface area contributed by atoms with Crippen molar-refractivity contribution in [2.75, 3.05) is 25.5 Å². The van der Waals surface area contributed by atoms with Crippen molar-refractivity contribution in [1.82, 2.24) is 0 Å². The molecule has 0 heterocycles. The molecule has 0 aliphatic heterocycles. The van der Waals surface area contributed by atoms with Crippen LogP contribution in [-0.4, -0.2) is 29.2 Å². The Morgan fingerprint density at radius 2 is 1.79 bits per heavy atom. The zero-order chi connectivity index (χ0) is 17.7. The van der Waals surface area contributed by atoms with Crippen LogP contribution in [0.3, 0.4) is 0 Å². The fraction of sp³-hybridized carbons (Fsp3) is 0.250. The van der Waals surface area contributed by atoms with Gasteiger partial charge < -0.3 is 14.2 Å². The molecule has 0 radical (unpaired) electrons. The van der Waals surface area contributed by atoms with Crippen molar-refractivity contribution in [3.63, 3.8) is 0 Å². The summed E-state index contributed by atoms with van der Waals surface area (Å²) in [5.74, 6) is 1.33. The average molecular weight is 372 g/mol. The van der Waals surface area contributed by atoms with Gasteiger partial charge in [-0.15, -0.1) is 0 Å². The highest BCUT2D eigenvalue weighted by Gasteiger charge is 2.18. The number of methoxy groups -OCH3 is 2. The van der Waals surface area contributed by atoms with E-state index in [-0.39, 0.29) is 9.92 Å². The number of hydrogen-bond acceptors (Lipinski definition) is 5. The summed E-state index contributed by atoms with van der Waals surface area (Å²) in [5.41, 5.74) is 0.295. The van der Waals surface area contributed by atoms with Crippen molar-refractivity contribution in [1.29, 1.82) is 0 Å². The van der Waals surface area contributed by atoms with E-state index in [2.05, 4.69) is 4.72 Å². The van der Waals surface area contributed by atoms with Gasteiger partial charge in [-0.25, -0.2) is 8.42 Å². The fourth-order valence-corrected chi connectivity index (χ4v) is 3.40. The second kappa shape index (κ2) is 7.63. The van der Waals surface area contributed by atoms with Gasteiger partial charge in [-0.1, -0.05) is 11.6 Å². The standard InChI is InChI=1S/C16H18ClNO5S/c1-4-23-15-8-6-12(10-13(15)17)24(19,20)18-14-7-5-11(21-2)9-16(14)22-3/h5-10,18H,4H2,1-3H3. The van der Waals surface area contributed by atoms with E-state index < -0.39 is 10.0 Å². The summed E-state index contributed by atoms with van der Waals surface area (Å²) in [6.45, 7) is 2.26. The summed E-state index contributed by atoms with van der Waals surface area (Å²) >= 11 is 6.06. The lowest BCUT2D eigenvalue weighted by Gasteiger charge is -2.14. The van der Waals surface area contributed by atoms with Gasteiger partial charge in [0.2, 0.25) is 0 Å². The molecule has 0 spiro atoms. The van der Waals surface area contributed by atoms with Crippen molar-refractivity contribution in [3.05, 3.63) is 41.4 Å². The summed E-state index contributed by atoms with van der Waals surface area (Å²) in [6, 6.07) is 9.06. The van der Waals surface area contributed by atoms with E-state index in [1.165, 1.54) is 32.4 Å². The van der Waals surface area contributed by atoms with Gasteiger partial charge in [0.1, 0.15) is 17.2 Å². The van der Waals surface area contributed by atoms with Crippen LogP contribution in [0, 0.1) is 0 Å². The van der Waals surface area contributed by atoms with Gasteiger partial charge in [-0.2, -0.15) is 0 Å². The molecule has 2 aromatic rings. The number of anilines is 1. The first kappa shape index (κ1) is 18.2. The van der Waals surface area contributed by atoms with Crippen molar-refractivity contribution in [2.24, 2.45) is 0 Å². The molecule has 6 nitrogen and oxygen atoms in total. The number of rotatable bonds is 7. The van der Waals surface area contributed by atoms with Gasteiger partial charge in [0.25, 0.3) is 10.0 Å². The minimum Gasteiger partial charge on any atom is -0.497 e. The highest BCUT2D eigenvalue weighted by molar-refractivity contribution is 7.92. The molecule has 0 bridgehead atoms. The van der Waals surface area contributed by atoms with Crippen molar-refractivity contribution in [2.45, 2.75) is 11.8 Å². The highest BCUT2D eigenvalue weighted by atomic mass is 35.5. The topological polar surface area (TPSA) is 73.9 Å². The molecule has 24 heavy (non-hydrogen) atoms. The van der Waals surface area contributed by atoms with Crippen LogP contribution in [0.2, 0.25) is 5.02 Å². The Labute approximate surface area is 146 Å². The van der Waals surface area contributed by atoms with Crippen LogP contribution >= 0.6 is 11.6 Å². The van der Waals surface area contributed by atoms with Crippen LogP contribution in [0.1, 0.15) is 6.92 Å². The zero-order valence-electron chi connectivity index (χ0n) is 13.5. The lowest BCUT2D eigenvalue weighted by molar-refractivity contribution is 0.340. The molecule has 8 heteroatoms. The molecule has 0 unspecified atom stereocenters. The number of ether oxygens (including phenoxy) is 3. The first-order valence-electron chi connectivity index (χ1n) is 7.08. The second-order valence-electron chi connectivity index (χ2n) is 4.70. The summed E-state index contributed by atoms with van der Waals surface area (Å²) in [7, 11) is -0.871. The third kappa shape index (κ3) is 4.04. The second-order valence-corrected chi connectivity index (χ2v) is 6.79. The van der Waals surface area contributed by atoms with E-state index in [0.29, 0.717) is 29.5 Å². The van der Waals surface area contributed by atoms with Crippen LogP contribution in [0.25, 0.3) is 0 Å². The van der Waals surface area contributed by atoms with E-state index in [4.69, 9.17) is 25.8 Å². The van der Waals surface area contributed by atoms with Crippen molar-refractivity contribution < 1.29 is 22.6 Å². The Kier molecular flexibility index (Phi) is 5.80. The summed E-state index contributed by atoms with van der Waals surface area (Å²) in [5, 5.41) is 0.224. The first-order valence-corrected chi connectivity index (χ1v) is 8.94. The maximum atomic E-state index is 12.5. The van der Waals surface area contributed by atoms with Gasteiger partial charge in [0, 0.05) is 6.07 Å². The fourth-order valence-electron chi connectivity index (χ4n) is 2.01. The van der Waals surface area contributed by atoms with E-state index in [1.807, 2.05) is 6.92 Å². The van der Waals surface area contributed by atoms with Gasteiger partial charge in [-0.05, 0) is 37.3 Å². The molecule has 2 rings (SSSR count). The number of hydrogen-bond donors (Lipinski definition) is 1. The SMILES string of the molecule is CCOc1ccc(S(=O)(=O)Nc2ccc(OC)cc2OC)cc1Cl. The monoisotopic (exact) mass is 371 g/mol. The third-order valence-electron chi connectivity index (χ3n) is 3.17.